The van der Waals surface area contributed by atoms with Crippen LogP contribution in [0.2, 0.25) is 0 Å². The summed E-state index contributed by atoms with van der Waals surface area (Å²) >= 11 is 0. The predicted molar refractivity (Wildman–Crippen MR) is 229 cm³/mol. The number of aryl methyl sites for hydroxylation is 2. The van der Waals surface area contributed by atoms with E-state index < -0.39 is 0 Å². The second-order valence-electron chi connectivity index (χ2n) is 14.0. The van der Waals surface area contributed by atoms with E-state index in [-0.39, 0.29) is 0 Å². The van der Waals surface area contributed by atoms with E-state index in [2.05, 4.69) is 206 Å². The van der Waals surface area contributed by atoms with E-state index in [1.807, 2.05) is 0 Å². The number of rotatable bonds is 0. The minimum Gasteiger partial charge on any atom is -0.0619 e. The molecular weight excluding hydrogens is 637 g/mol. The van der Waals surface area contributed by atoms with E-state index in [1.54, 1.807) is 0 Å². The van der Waals surface area contributed by atoms with E-state index in [1.165, 1.54) is 100 Å². The van der Waals surface area contributed by atoms with Crippen LogP contribution in [0.4, 0.5) is 0 Å². The van der Waals surface area contributed by atoms with Crippen LogP contribution in [0.1, 0.15) is 22.3 Å². The SMILES string of the molecule is c1cc2c3c(cccc3c1)CC2.c1ccc2c(c1)Cc1ccccc1-2.c1ccc2c(c1)ccc1ccccc12.c1ccc2cc3ccccc3cc2c1. The quantitative estimate of drug-likeness (QED) is 0.111. The molecule has 0 aromatic heterocycles. The van der Waals surface area contributed by atoms with Crippen LogP contribution in [-0.2, 0) is 19.3 Å². The van der Waals surface area contributed by atoms with Crippen molar-refractivity contribution in [3.8, 4) is 11.1 Å². The van der Waals surface area contributed by atoms with Gasteiger partial charge in [-0.2, -0.15) is 0 Å². The Morgan fingerprint density at radius 3 is 1.04 bits per heavy atom. The van der Waals surface area contributed by atoms with Crippen molar-refractivity contribution in [2.45, 2.75) is 19.3 Å². The van der Waals surface area contributed by atoms with Crippen LogP contribution in [0.15, 0.2) is 206 Å². The summed E-state index contributed by atoms with van der Waals surface area (Å²) in [7, 11) is 0. The topological polar surface area (TPSA) is 0 Å². The van der Waals surface area contributed by atoms with Crippen molar-refractivity contribution in [3.05, 3.63) is 229 Å². The molecule has 53 heavy (non-hydrogen) atoms. The van der Waals surface area contributed by atoms with Gasteiger partial charge in [-0.25, -0.2) is 0 Å². The summed E-state index contributed by atoms with van der Waals surface area (Å²) in [6.07, 6.45) is 3.57. The van der Waals surface area contributed by atoms with Crippen molar-refractivity contribution < 1.29 is 0 Å². The third-order valence-electron chi connectivity index (χ3n) is 10.7. The summed E-state index contributed by atoms with van der Waals surface area (Å²) in [5.74, 6) is 0. The average Bonchev–Trinajstić information content (AvgIpc) is 3.84. The first-order valence-electron chi connectivity index (χ1n) is 18.7. The fraction of sp³-hybridized carbons (Fsp3) is 0.0566. The first kappa shape index (κ1) is 32.4. The molecule has 0 aliphatic heterocycles. The van der Waals surface area contributed by atoms with Crippen molar-refractivity contribution in [3.63, 3.8) is 0 Å². The normalized spacial score (nSPS) is 11.9. The van der Waals surface area contributed by atoms with Gasteiger partial charge in [0.2, 0.25) is 0 Å². The van der Waals surface area contributed by atoms with Crippen LogP contribution >= 0.6 is 0 Å². The summed E-state index contributed by atoms with van der Waals surface area (Å²) in [4.78, 5) is 0. The summed E-state index contributed by atoms with van der Waals surface area (Å²) < 4.78 is 0. The molecule has 0 N–H and O–H groups in total. The molecule has 0 atom stereocenters. The molecule has 0 radical (unpaired) electrons. The zero-order valence-corrected chi connectivity index (χ0v) is 29.8. The van der Waals surface area contributed by atoms with Gasteiger partial charge in [-0.3, -0.25) is 0 Å². The largest absolute Gasteiger partial charge is 0.0619 e. The zero-order valence-electron chi connectivity index (χ0n) is 29.8. The number of fused-ring (bicyclic) bond motifs is 8. The Morgan fingerprint density at radius 2 is 0.585 bits per heavy atom. The van der Waals surface area contributed by atoms with Crippen LogP contribution in [0.3, 0.4) is 0 Å². The minimum absolute atomic E-state index is 1.10. The van der Waals surface area contributed by atoms with E-state index in [4.69, 9.17) is 0 Å². The standard InChI is InChI=1S/2C14H10.C13H10.C12H10/c1-3-7-13-11(5-1)9-10-12-6-2-4-8-14(12)13;1-2-6-12-10-14-8-4-3-7-13(14)9-11(12)5-1;1-3-7-12-10(5-1)9-11-6-2-4-8-13(11)12;1-3-9-4-2-6-11-8-7-10(5-1)12(9)11/h2*1-10H;1-8H,9H2;1-6H,7-8H2. The Bertz CT molecular complexity index is 2620. The Hall–Kier alpha value is -6.50. The second-order valence-corrected chi connectivity index (χ2v) is 14.0. The number of hydrogen-bond acceptors (Lipinski definition) is 0. The zero-order chi connectivity index (χ0) is 35.4. The first-order chi connectivity index (χ1) is 26.3. The molecule has 10 aromatic rings. The first-order valence-corrected chi connectivity index (χ1v) is 18.7. The molecule has 2 aliphatic carbocycles. The van der Waals surface area contributed by atoms with Crippen LogP contribution in [0, 0.1) is 0 Å². The van der Waals surface area contributed by atoms with Crippen LogP contribution < -0.4 is 0 Å². The van der Waals surface area contributed by atoms with Gasteiger partial charge in [0.1, 0.15) is 0 Å². The van der Waals surface area contributed by atoms with Gasteiger partial charge < -0.3 is 0 Å². The maximum atomic E-state index is 2.25. The summed E-state index contributed by atoms with van der Waals surface area (Å²) in [5.41, 5.74) is 8.81. The molecule has 0 heteroatoms. The van der Waals surface area contributed by atoms with Crippen LogP contribution in [-0.4, -0.2) is 0 Å². The van der Waals surface area contributed by atoms with Crippen molar-refractivity contribution in [1.82, 2.24) is 0 Å². The molecule has 0 nitrogen and oxygen atoms in total. The van der Waals surface area contributed by atoms with E-state index in [0.717, 1.165) is 6.42 Å². The molecule has 2 aliphatic rings. The van der Waals surface area contributed by atoms with Gasteiger partial charge >= 0.3 is 0 Å². The number of benzene rings is 10. The van der Waals surface area contributed by atoms with E-state index >= 15 is 0 Å². The average molecular weight is 677 g/mol. The van der Waals surface area contributed by atoms with Crippen molar-refractivity contribution in [2.75, 3.05) is 0 Å². The fourth-order valence-corrected chi connectivity index (χ4v) is 8.10. The van der Waals surface area contributed by atoms with Gasteiger partial charge in [-0.05, 0) is 119 Å². The Balaban J connectivity index is 0.0000000938. The van der Waals surface area contributed by atoms with Gasteiger partial charge in [-0.15, -0.1) is 0 Å². The Labute approximate surface area is 311 Å². The predicted octanol–water partition coefficient (Wildman–Crippen LogP) is 14.2. The molecule has 0 saturated heterocycles. The van der Waals surface area contributed by atoms with Gasteiger partial charge in [0, 0.05) is 0 Å². The third kappa shape index (κ3) is 6.68. The molecule has 0 unspecified atom stereocenters. The van der Waals surface area contributed by atoms with Crippen LogP contribution in [0.5, 0.6) is 0 Å². The second kappa shape index (κ2) is 14.6. The highest BCUT2D eigenvalue weighted by molar-refractivity contribution is 6.07. The summed E-state index contributed by atoms with van der Waals surface area (Å²) in [5, 5.41) is 13.5. The lowest BCUT2D eigenvalue weighted by molar-refractivity contribution is 1.02. The lowest BCUT2D eigenvalue weighted by Crippen LogP contribution is -1.77. The maximum Gasteiger partial charge on any atom is -0.00135 e. The molecule has 0 amide bonds. The van der Waals surface area contributed by atoms with Gasteiger partial charge in [0.15, 0.2) is 0 Å². The van der Waals surface area contributed by atoms with Gasteiger partial charge in [-0.1, -0.05) is 194 Å². The summed E-state index contributed by atoms with van der Waals surface area (Å²) in [6, 6.07) is 73.3. The molecular formula is C53H40. The van der Waals surface area contributed by atoms with Crippen molar-refractivity contribution in [2.24, 2.45) is 0 Å². The Morgan fingerprint density at radius 1 is 0.245 bits per heavy atom. The molecule has 10 aromatic carbocycles. The van der Waals surface area contributed by atoms with Gasteiger partial charge in [0.05, 0.1) is 0 Å². The van der Waals surface area contributed by atoms with E-state index in [9.17, 15) is 0 Å². The monoisotopic (exact) mass is 676 g/mol. The molecule has 0 fully saturated rings. The third-order valence-corrected chi connectivity index (χ3v) is 10.7. The molecule has 0 spiro atoms. The highest BCUT2D eigenvalue weighted by atomic mass is 14.2. The van der Waals surface area contributed by atoms with Crippen LogP contribution in [0.25, 0.3) is 65.0 Å². The lowest BCUT2D eigenvalue weighted by atomic mass is 10.0. The lowest BCUT2D eigenvalue weighted by Gasteiger charge is -2.02. The van der Waals surface area contributed by atoms with Gasteiger partial charge in [0.25, 0.3) is 0 Å². The number of hydrogen-bond donors (Lipinski definition) is 0. The molecule has 252 valence electrons. The minimum atomic E-state index is 1.10. The smallest absolute Gasteiger partial charge is 0.00135 e. The molecule has 12 rings (SSSR count). The molecule has 0 bridgehead atoms. The van der Waals surface area contributed by atoms with Crippen molar-refractivity contribution in [1.29, 1.82) is 0 Å². The fourth-order valence-electron chi connectivity index (χ4n) is 8.10. The summed E-state index contributed by atoms with van der Waals surface area (Å²) in [6.45, 7) is 0. The van der Waals surface area contributed by atoms with Crippen molar-refractivity contribution >= 4 is 53.9 Å². The molecule has 0 heterocycles. The maximum absolute atomic E-state index is 2.25. The Kier molecular flexibility index (Phi) is 8.94. The molecule has 0 saturated carbocycles. The highest BCUT2D eigenvalue weighted by Gasteiger charge is 2.16. The highest BCUT2D eigenvalue weighted by Crippen LogP contribution is 2.36. The van der Waals surface area contributed by atoms with E-state index in [0.29, 0.717) is 0 Å².